The minimum Gasteiger partial charge on any atom is -0.372 e. The SMILES string of the molecule is CCCC(C)CN1CCC2(CC1)CN(CCCC(C)C)CCO2. The van der Waals surface area contributed by atoms with Gasteiger partial charge in [0.1, 0.15) is 0 Å². The third-order valence-corrected chi connectivity index (χ3v) is 5.70. The van der Waals surface area contributed by atoms with Crippen molar-refractivity contribution >= 4 is 0 Å². The molecule has 0 radical (unpaired) electrons. The highest BCUT2D eigenvalue weighted by Crippen LogP contribution is 2.30. The van der Waals surface area contributed by atoms with Crippen LogP contribution in [0, 0.1) is 11.8 Å². The van der Waals surface area contributed by atoms with Gasteiger partial charge < -0.3 is 9.64 Å². The molecule has 136 valence electrons. The molecule has 1 atom stereocenters. The van der Waals surface area contributed by atoms with E-state index in [4.69, 9.17) is 4.74 Å². The van der Waals surface area contributed by atoms with E-state index in [1.54, 1.807) is 0 Å². The summed E-state index contributed by atoms with van der Waals surface area (Å²) in [4.78, 5) is 5.34. The van der Waals surface area contributed by atoms with Gasteiger partial charge in [0.25, 0.3) is 0 Å². The predicted octanol–water partition coefficient (Wildman–Crippen LogP) is 4.03. The molecule has 0 N–H and O–H groups in total. The van der Waals surface area contributed by atoms with Crippen LogP contribution in [0.25, 0.3) is 0 Å². The van der Waals surface area contributed by atoms with Crippen LogP contribution >= 0.6 is 0 Å². The highest BCUT2D eigenvalue weighted by atomic mass is 16.5. The van der Waals surface area contributed by atoms with Crippen molar-refractivity contribution in [3.8, 4) is 0 Å². The Hall–Kier alpha value is -0.120. The highest BCUT2D eigenvalue weighted by molar-refractivity contribution is 4.93. The maximum absolute atomic E-state index is 6.30. The van der Waals surface area contributed by atoms with Gasteiger partial charge in [0.2, 0.25) is 0 Å². The minimum atomic E-state index is 0.167. The zero-order chi connectivity index (χ0) is 16.7. The Balaban J connectivity index is 1.73. The molecule has 0 aromatic carbocycles. The van der Waals surface area contributed by atoms with E-state index >= 15 is 0 Å². The minimum absolute atomic E-state index is 0.167. The zero-order valence-electron chi connectivity index (χ0n) is 16.1. The molecule has 2 aliphatic heterocycles. The van der Waals surface area contributed by atoms with Crippen molar-refractivity contribution in [1.82, 2.24) is 9.80 Å². The third kappa shape index (κ3) is 6.36. The van der Waals surface area contributed by atoms with E-state index in [-0.39, 0.29) is 5.60 Å². The van der Waals surface area contributed by atoms with Crippen LogP contribution in [0.2, 0.25) is 0 Å². The van der Waals surface area contributed by atoms with Gasteiger partial charge in [0, 0.05) is 32.7 Å². The second-order valence-electron chi connectivity index (χ2n) is 8.54. The van der Waals surface area contributed by atoms with Gasteiger partial charge in [-0.1, -0.05) is 34.1 Å². The van der Waals surface area contributed by atoms with Crippen LogP contribution in [0.5, 0.6) is 0 Å². The van der Waals surface area contributed by atoms with Crippen LogP contribution in [-0.4, -0.2) is 61.3 Å². The summed E-state index contributed by atoms with van der Waals surface area (Å²) in [6, 6.07) is 0. The molecule has 0 aromatic heterocycles. The molecule has 3 heteroatoms. The molecule has 0 bridgehead atoms. The number of ether oxygens (including phenoxy) is 1. The fraction of sp³-hybridized carbons (Fsp3) is 1.00. The van der Waals surface area contributed by atoms with Crippen molar-refractivity contribution in [3.05, 3.63) is 0 Å². The lowest BCUT2D eigenvalue weighted by atomic mass is 9.88. The van der Waals surface area contributed by atoms with E-state index in [2.05, 4.69) is 37.5 Å². The van der Waals surface area contributed by atoms with Crippen molar-refractivity contribution in [2.75, 3.05) is 45.9 Å². The summed E-state index contributed by atoms with van der Waals surface area (Å²) in [6.45, 7) is 17.6. The Bertz CT molecular complexity index is 324. The van der Waals surface area contributed by atoms with Gasteiger partial charge in [0.05, 0.1) is 12.2 Å². The lowest BCUT2D eigenvalue weighted by Gasteiger charge is -2.47. The summed E-state index contributed by atoms with van der Waals surface area (Å²) in [6.07, 6.45) is 7.83. The summed E-state index contributed by atoms with van der Waals surface area (Å²) in [7, 11) is 0. The molecule has 1 spiro atoms. The largest absolute Gasteiger partial charge is 0.372 e. The molecule has 2 aliphatic rings. The van der Waals surface area contributed by atoms with E-state index in [1.165, 1.54) is 71.2 Å². The van der Waals surface area contributed by atoms with Gasteiger partial charge in [-0.15, -0.1) is 0 Å². The molecule has 0 saturated carbocycles. The van der Waals surface area contributed by atoms with Crippen LogP contribution in [0.15, 0.2) is 0 Å². The molecular formula is C20H40N2O. The normalized spacial score (nSPS) is 24.4. The molecular weight excluding hydrogens is 284 g/mol. The first-order valence-electron chi connectivity index (χ1n) is 10.1. The highest BCUT2D eigenvalue weighted by Gasteiger charge is 2.39. The molecule has 23 heavy (non-hydrogen) atoms. The second kappa shape index (κ2) is 9.39. The van der Waals surface area contributed by atoms with E-state index in [9.17, 15) is 0 Å². The molecule has 0 amide bonds. The van der Waals surface area contributed by atoms with Gasteiger partial charge in [-0.2, -0.15) is 0 Å². The fourth-order valence-electron chi connectivity index (χ4n) is 4.31. The standard InChI is InChI=1S/C20H40N2O/c1-5-7-19(4)16-21-12-9-20(10-13-21)17-22(14-15-23-20)11-6-8-18(2)3/h18-19H,5-17H2,1-4H3. The smallest absolute Gasteiger partial charge is 0.0833 e. The molecule has 1 unspecified atom stereocenters. The monoisotopic (exact) mass is 324 g/mol. The Kier molecular flexibility index (Phi) is 7.84. The quantitative estimate of drug-likeness (QED) is 0.670. The van der Waals surface area contributed by atoms with Crippen LogP contribution in [0.3, 0.4) is 0 Å². The lowest BCUT2D eigenvalue weighted by molar-refractivity contribution is -0.136. The van der Waals surface area contributed by atoms with Gasteiger partial charge in [0.15, 0.2) is 0 Å². The number of hydrogen-bond acceptors (Lipinski definition) is 3. The third-order valence-electron chi connectivity index (χ3n) is 5.70. The number of hydrogen-bond donors (Lipinski definition) is 0. The lowest BCUT2D eigenvalue weighted by Crippen LogP contribution is -2.57. The Morgan fingerprint density at radius 1 is 1.00 bits per heavy atom. The summed E-state index contributed by atoms with van der Waals surface area (Å²) in [5, 5.41) is 0. The van der Waals surface area contributed by atoms with E-state index < -0.39 is 0 Å². The maximum atomic E-state index is 6.30. The topological polar surface area (TPSA) is 15.7 Å². The van der Waals surface area contributed by atoms with Crippen LogP contribution in [0.1, 0.15) is 66.2 Å². The summed E-state index contributed by atoms with van der Waals surface area (Å²) < 4.78 is 6.30. The number of nitrogens with zero attached hydrogens (tertiary/aromatic N) is 2. The van der Waals surface area contributed by atoms with Crippen LogP contribution < -0.4 is 0 Å². The second-order valence-corrected chi connectivity index (χ2v) is 8.54. The van der Waals surface area contributed by atoms with E-state index in [0.717, 1.165) is 25.0 Å². The number of piperidine rings is 1. The number of likely N-dealkylation sites (tertiary alicyclic amines) is 1. The van der Waals surface area contributed by atoms with Crippen LogP contribution in [0.4, 0.5) is 0 Å². The van der Waals surface area contributed by atoms with Crippen molar-refractivity contribution in [2.24, 2.45) is 11.8 Å². The van der Waals surface area contributed by atoms with E-state index in [1.807, 2.05) is 0 Å². The van der Waals surface area contributed by atoms with Gasteiger partial charge in [-0.05, 0) is 50.5 Å². The average Bonchev–Trinajstić information content (AvgIpc) is 2.50. The summed E-state index contributed by atoms with van der Waals surface area (Å²) >= 11 is 0. The van der Waals surface area contributed by atoms with Gasteiger partial charge in [-0.3, -0.25) is 4.90 Å². The molecule has 2 saturated heterocycles. The van der Waals surface area contributed by atoms with Crippen molar-refractivity contribution in [2.45, 2.75) is 71.8 Å². The summed E-state index contributed by atoms with van der Waals surface area (Å²) in [5.41, 5.74) is 0.167. The first kappa shape index (κ1) is 19.2. The Labute approximate surface area is 144 Å². The molecule has 2 heterocycles. The molecule has 3 nitrogen and oxygen atoms in total. The van der Waals surface area contributed by atoms with Crippen molar-refractivity contribution in [1.29, 1.82) is 0 Å². The first-order chi connectivity index (χ1) is 11.0. The molecule has 2 fully saturated rings. The maximum Gasteiger partial charge on any atom is 0.0833 e. The Morgan fingerprint density at radius 2 is 1.74 bits per heavy atom. The fourth-order valence-corrected chi connectivity index (χ4v) is 4.31. The van der Waals surface area contributed by atoms with E-state index in [0.29, 0.717) is 0 Å². The molecule has 0 aliphatic carbocycles. The van der Waals surface area contributed by atoms with Gasteiger partial charge >= 0.3 is 0 Å². The predicted molar refractivity (Wildman–Crippen MR) is 98.9 cm³/mol. The zero-order valence-corrected chi connectivity index (χ0v) is 16.1. The molecule has 0 aromatic rings. The Morgan fingerprint density at radius 3 is 2.39 bits per heavy atom. The van der Waals surface area contributed by atoms with Gasteiger partial charge in [-0.25, -0.2) is 0 Å². The number of morpholine rings is 1. The number of rotatable bonds is 8. The first-order valence-corrected chi connectivity index (χ1v) is 10.1. The molecule has 2 rings (SSSR count). The van der Waals surface area contributed by atoms with Crippen molar-refractivity contribution < 1.29 is 4.74 Å². The summed E-state index contributed by atoms with van der Waals surface area (Å²) in [5.74, 6) is 1.67. The average molecular weight is 325 g/mol. The van der Waals surface area contributed by atoms with Crippen molar-refractivity contribution in [3.63, 3.8) is 0 Å². The van der Waals surface area contributed by atoms with Crippen LogP contribution in [-0.2, 0) is 4.74 Å².